The summed E-state index contributed by atoms with van der Waals surface area (Å²) in [7, 11) is -2.93. The van der Waals surface area contributed by atoms with Crippen molar-refractivity contribution in [1.82, 2.24) is 10.2 Å². The van der Waals surface area contributed by atoms with E-state index < -0.39 is 9.84 Å². The quantitative estimate of drug-likeness (QED) is 0.669. The molecule has 0 aromatic rings. The number of piperidine rings is 1. The van der Waals surface area contributed by atoms with E-state index in [0.29, 0.717) is 13.0 Å². The maximum absolute atomic E-state index is 11.8. The van der Waals surface area contributed by atoms with Gasteiger partial charge in [0.2, 0.25) is 5.91 Å². The summed E-state index contributed by atoms with van der Waals surface area (Å²) in [6, 6.07) is 0.0545. The standard InChI is InChI=1S/C11H21N3O3S/c12-9-1-4-14(5-2-9)7-11(15)13-10-3-6-18(16,17)8-10/h9-10H,1-8,12H2,(H,13,15). The van der Waals surface area contributed by atoms with Crippen LogP contribution in [0.4, 0.5) is 0 Å². The summed E-state index contributed by atoms with van der Waals surface area (Å²) in [6.07, 6.45) is 2.38. The first-order chi connectivity index (χ1) is 8.44. The molecule has 1 unspecified atom stereocenters. The van der Waals surface area contributed by atoms with E-state index in [-0.39, 0.29) is 29.5 Å². The van der Waals surface area contributed by atoms with E-state index in [0.717, 1.165) is 25.9 Å². The van der Waals surface area contributed by atoms with Crippen LogP contribution >= 0.6 is 0 Å². The van der Waals surface area contributed by atoms with Crippen LogP contribution in [0.1, 0.15) is 19.3 Å². The average molecular weight is 275 g/mol. The highest BCUT2D eigenvalue weighted by atomic mass is 32.2. The van der Waals surface area contributed by atoms with Gasteiger partial charge < -0.3 is 11.1 Å². The van der Waals surface area contributed by atoms with Crippen LogP contribution in [-0.4, -0.2) is 62.4 Å². The molecule has 2 saturated heterocycles. The molecule has 0 radical (unpaired) electrons. The molecule has 1 amide bonds. The fourth-order valence-corrected chi connectivity index (χ4v) is 4.17. The highest BCUT2D eigenvalue weighted by molar-refractivity contribution is 7.91. The van der Waals surface area contributed by atoms with Crippen LogP contribution in [0.15, 0.2) is 0 Å². The summed E-state index contributed by atoms with van der Waals surface area (Å²) in [4.78, 5) is 13.9. The van der Waals surface area contributed by atoms with Crippen molar-refractivity contribution < 1.29 is 13.2 Å². The summed E-state index contributed by atoms with van der Waals surface area (Å²) in [5.74, 6) is 0.202. The molecule has 3 N–H and O–H groups in total. The Bertz CT molecular complexity index is 402. The number of carbonyl (C=O) groups excluding carboxylic acids is 1. The van der Waals surface area contributed by atoms with Crippen molar-refractivity contribution in [3.8, 4) is 0 Å². The number of carbonyl (C=O) groups is 1. The van der Waals surface area contributed by atoms with Crippen LogP contribution < -0.4 is 11.1 Å². The molecule has 104 valence electrons. The van der Waals surface area contributed by atoms with Crippen molar-refractivity contribution in [3.05, 3.63) is 0 Å². The number of rotatable bonds is 3. The molecule has 2 heterocycles. The van der Waals surface area contributed by atoms with Crippen LogP contribution in [0.25, 0.3) is 0 Å². The number of hydrogen-bond acceptors (Lipinski definition) is 5. The fourth-order valence-electron chi connectivity index (χ4n) is 2.50. The zero-order valence-electron chi connectivity index (χ0n) is 10.5. The highest BCUT2D eigenvalue weighted by Crippen LogP contribution is 2.12. The summed E-state index contributed by atoms with van der Waals surface area (Å²) < 4.78 is 22.5. The molecule has 18 heavy (non-hydrogen) atoms. The van der Waals surface area contributed by atoms with E-state index in [1.54, 1.807) is 0 Å². The predicted molar refractivity (Wildman–Crippen MR) is 68.9 cm³/mol. The van der Waals surface area contributed by atoms with Gasteiger partial charge in [-0.15, -0.1) is 0 Å². The van der Waals surface area contributed by atoms with Gasteiger partial charge in [0.05, 0.1) is 18.1 Å². The lowest BCUT2D eigenvalue weighted by Gasteiger charge is -2.29. The normalized spacial score (nSPS) is 29.3. The summed E-state index contributed by atoms with van der Waals surface area (Å²) >= 11 is 0. The number of amides is 1. The third-order valence-corrected chi connectivity index (χ3v) is 5.36. The molecular formula is C11H21N3O3S. The van der Waals surface area contributed by atoms with Gasteiger partial charge in [-0.2, -0.15) is 0 Å². The molecule has 2 rings (SSSR count). The molecule has 7 heteroatoms. The Hall–Kier alpha value is -0.660. The molecule has 0 spiro atoms. The van der Waals surface area contributed by atoms with Crippen molar-refractivity contribution in [2.75, 3.05) is 31.1 Å². The Morgan fingerprint density at radius 2 is 1.94 bits per heavy atom. The lowest BCUT2D eigenvalue weighted by atomic mass is 10.1. The largest absolute Gasteiger partial charge is 0.351 e. The van der Waals surface area contributed by atoms with E-state index >= 15 is 0 Å². The Labute approximate surface area is 108 Å². The average Bonchev–Trinajstić information content (AvgIpc) is 2.61. The van der Waals surface area contributed by atoms with Crippen molar-refractivity contribution >= 4 is 15.7 Å². The summed E-state index contributed by atoms with van der Waals surface area (Å²) in [6.45, 7) is 2.04. The van der Waals surface area contributed by atoms with Gasteiger partial charge in [-0.05, 0) is 19.3 Å². The van der Waals surface area contributed by atoms with Crippen LogP contribution in [0, 0.1) is 0 Å². The van der Waals surface area contributed by atoms with Crippen LogP contribution in [0.3, 0.4) is 0 Å². The monoisotopic (exact) mass is 275 g/mol. The van der Waals surface area contributed by atoms with Crippen molar-refractivity contribution in [3.63, 3.8) is 0 Å². The Balaban J connectivity index is 1.73. The third-order valence-electron chi connectivity index (χ3n) is 3.60. The van der Waals surface area contributed by atoms with Gasteiger partial charge in [0.1, 0.15) is 0 Å². The Kier molecular flexibility index (Phi) is 4.24. The van der Waals surface area contributed by atoms with E-state index in [4.69, 9.17) is 5.73 Å². The molecular weight excluding hydrogens is 254 g/mol. The zero-order valence-corrected chi connectivity index (χ0v) is 11.3. The lowest BCUT2D eigenvalue weighted by Crippen LogP contribution is -2.46. The number of nitrogens with one attached hydrogen (secondary N) is 1. The van der Waals surface area contributed by atoms with Crippen LogP contribution in [-0.2, 0) is 14.6 Å². The summed E-state index contributed by atoms with van der Waals surface area (Å²) in [5.41, 5.74) is 5.80. The van der Waals surface area contributed by atoms with Gasteiger partial charge in [0.15, 0.2) is 9.84 Å². The minimum absolute atomic E-state index is 0.0763. The molecule has 0 bridgehead atoms. The number of nitrogens with zero attached hydrogens (tertiary/aromatic N) is 1. The molecule has 1 atom stereocenters. The molecule has 2 fully saturated rings. The Morgan fingerprint density at radius 3 is 2.50 bits per heavy atom. The maximum atomic E-state index is 11.8. The zero-order chi connectivity index (χ0) is 13.2. The van der Waals surface area contributed by atoms with Crippen molar-refractivity contribution in [1.29, 1.82) is 0 Å². The molecule has 6 nitrogen and oxygen atoms in total. The van der Waals surface area contributed by atoms with Gasteiger partial charge in [-0.3, -0.25) is 9.69 Å². The third kappa shape index (κ3) is 3.93. The molecule has 2 aliphatic rings. The molecule has 0 aromatic heterocycles. The second-order valence-electron chi connectivity index (χ2n) is 5.28. The summed E-state index contributed by atoms with van der Waals surface area (Å²) in [5, 5.41) is 2.80. The molecule has 0 aromatic carbocycles. The minimum atomic E-state index is -2.93. The van der Waals surface area contributed by atoms with Crippen LogP contribution in [0.2, 0.25) is 0 Å². The first-order valence-corrected chi connectivity index (χ1v) is 8.24. The topological polar surface area (TPSA) is 92.5 Å². The van der Waals surface area contributed by atoms with E-state index in [1.807, 2.05) is 0 Å². The highest BCUT2D eigenvalue weighted by Gasteiger charge is 2.29. The van der Waals surface area contributed by atoms with Crippen molar-refractivity contribution in [2.24, 2.45) is 5.73 Å². The maximum Gasteiger partial charge on any atom is 0.234 e. The smallest absolute Gasteiger partial charge is 0.234 e. The van der Waals surface area contributed by atoms with Gasteiger partial charge in [0, 0.05) is 25.2 Å². The second-order valence-corrected chi connectivity index (χ2v) is 7.51. The minimum Gasteiger partial charge on any atom is -0.351 e. The van der Waals surface area contributed by atoms with E-state index in [1.165, 1.54) is 0 Å². The number of likely N-dealkylation sites (tertiary alicyclic amines) is 1. The van der Waals surface area contributed by atoms with Gasteiger partial charge in [0.25, 0.3) is 0 Å². The fraction of sp³-hybridized carbons (Fsp3) is 0.909. The van der Waals surface area contributed by atoms with Crippen LogP contribution in [0.5, 0.6) is 0 Å². The first-order valence-electron chi connectivity index (χ1n) is 6.42. The molecule has 2 aliphatic heterocycles. The first kappa shape index (κ1) is 13.8. The number of hydrogen-bond donors (Lipinski definition) is 2. The van der Waals surface area contributed by atoms with Gasteiger partial charge in [-0.1, -0.05) is 0 Å². The van der Waals surface area contributed by atoms with E-state index in [9.17, 15) is 13.2 Å². The predicted octanol–water partition coefficient (Wildman–Crippen LogP) is -1.29. The molecule has 0 saturated carbocycles. The number of sulfone groups is 1. The lowest BCUT2D eigenvalue weighted by molar-refractivity contribution is -0.123. The molecule has 0 aliphatic carbocycles. The van der Waals surface area contributed by atoms with Gasteiger partial charge >= 0.3 is 0 Å². The van der Waals surface area contributed by atoms with Gasteiger partial charge in [-0.25, -0.2) is 8.42 Å². The van der Waals surface area contributed by atoms with Crippen molar-refractivity contribution in [2.45, 2.75) is 31.3 Å². The SMILES string of the molecule is NC1CCN(CC(=O)NC2CCS(=O)(=O)C2)CC1. The number of nitrogens with two attached hydrogens (primary N) is 1. The second kappa shape index (κ2) is 5.54. The van der Waals surface area contributed by atoms with E-state index in [2.05, 4.69) is 10.2 Å². The Morgan fingerprint density at radius 1 is 1.28 bits per heavy atom.